The molecule has 1 nitrogen and oxygen atoms in total. The van der Waals surface area contributed by atoms with Crippen LogP contribution < -0.4 is 0 Å². The van der Waals surface area contributed by atoms with Crippen LogP contribution in [0.4, 0.5) is 0 Å². The number of aliphatic hydroxyl groups excluding tert-OH is 1. The third-order valence-corrected chi connectivity index (χ3v) is 7.05. The summed E-state index contributed by atoms with van der Waals surface area (Å²) in [4.78, 5) is 0. The first kappa shape index (κ1) is 17.7. The molecule has 0 spiro atoms. The topological polar surface area (TPSA) is 20.2 Å². The molecule has 0 saturated heterocycles. The van der Waals surface area contributed by atoms with E-state index in [4.69, 9.17) is 5.11 Å². The molecule has 1 radical (unpaired) electrons. The summed E-state index contributed by atoms with van der Waals surface area (Å²) in [5, 5.41) is 9.87. The van der Waals surface area contributed by atoms with Crippen molar-refractivity contribution in [3.05, 3.63) is 6.92 Å². The first-order chi connectivity index (χ1) is 7.78. The van der Waals surface area contributed by atoms with Crippen LogP contribution in [0.15, 0.2) is 0 Å². The first-order valence-electron chi connectivity index (χ1n) is 5.21. The van der Waals surface area contributed by atoms with Crippen molar-refractivity contribution < 1.29 is 5.11 Å². The smallest absolute Gasteiger partial charge is 0.0521 e. The number of thiol groups is 2. The summed E-state index contributed by atoms with van der Waals surface area (Å²) < 4.78 is 0. The van der Waals surface area contributed by atoms with E-state index in [0.717, 1.165) is 34.5 Å². The van der Waals surface area contributed by atoms with E-state index in [0.29, 0.717) is 10.5 Å². The van der Waals surface area contributed by atoms with E-state index in [-0.39, 0.29) is 6.61 Å². The van der Waals surface area contributed by atoms with Gasteiger partial charge in [-0.15, -0.1) is 0 Å². The lowest BCUT2D eigenvalue weighted by Crippen LogP contribution is -2.18. The molecular weight excluding hydrogens is 296 g/mol. The fourth-order valence-corrected chi connectivity index (χ4v) is 5.31. The Morgan fingerprint density at radius 3 is 2.06 bits per heavy atom. The minimum absolute atomic E-state index is 0.266. The molecule has 0 aromatic heterocycles. The van der Waals surface area contributed by atoms with Gasteiger partial charge >= 0.3 is 0 Å². The second kappa shape index (κ2) is 13.1. The average Bonchev–Trinajstić information content (AvgIpc) is 2.32. The number of rotatable bonds is 11. The van der Waals surface area contributed by atoms with E-state index in [1.807, 2.05) is 23.5 Å². The molecule has 16 heavy (non-hydrogen) atoms. The van der Waals surface area contributed by atoms with Gasteiger partial charge in [0.2, 0.25) is 0 Å². The highest BCUT2D eigenvalue weighted by atomic mass is 32.2. The molecule has 0 bridgehead atoms. The van der Waals surface area contributed by atoms with Gasteiger partial charge in [-0.25, -0.2) is 0 Å². The minimum atomic E-state index is 0.266. The summed E-state index contributed by atoms with van der Waals surface area (Å²) in [7, 11) is 0. The Labute approximate surface area is 123 Å². The lowest BCUT2D eigenvalue weighted by atomic mass is 10.5. The van der Waals surface area contributed by atoms with Gasteiger partial charge in [0.1, 0.15) is 0 Å². The molecule has 0 aliphatic rings. The van der Waals surface area contributed by atoms with E-state index in [2.05, 4.69) is 32.2 Å². The lowest BCUT2D eigenvalue weighted by molar-refractivity contribution is 0.322. The Balaban J connectivity index is 3.77. The van der Waals surface area contributed by atoms with Crippen LogP contribution >= 0.6 is 60.5 Å². The Morgan fingerprint density at radius 1 is 1.06 bits per heavy atom. The second-order valence-corrected chi connectivity index (χ2v) is 7.75. The van der Waals surface area contributed by atoms with E-state index in [9.17, 15) is 0 Å². The van der Waals surface area contributed by atoms with Crippen LogP contribution in [0.2, 0.25) is 0 Å². The van der Waals surface area contributed by atoms with Gasteiger partial charge in [0, 0.05) is 39.3 Å². The summed E-state index contributed by atoms with van der Waals surface area (Å²) in [6.07, 6.45) is 0. The quantitative estimate of drug-likeness (QED) is 0.402. The summed E-state index contributed by atoms with van der Waals surface area (Å²) in [5.74, 6) is 5.73. The molecule has 0 heterocycles. The van der Waals surface area contributed by atoms with Crippen molar-refractivity contribution in [3.8, 4) is 0 Å². The number of thioether (sulfide) groups is 3. The van der Waals surface area contributed by atoms with Gasteiger partial charge < -0.3 is 5.11 Å². The highest BCUT2D eigenvalue weighted by molar-refractivity contribution is 8.06. The maximum absolute atomic E-state index is 8.73. The monoisotopic (exact) mass is 317 g/mol. The van der Waals surface area contributed by atoms with E-state index in [1.165, 1.54) is 0 Å². The minimum Gasteiger partial charge on any atom is -0.396 e. The van der Waals surface area contributed by atoms with Gasteiger partial charge in [-0.3, -0.25) is 0 Å². The number of aliphatic hydroxyl groups is 1. The predicted molar refractivity (Wildman–Crippen MR) is 90.0 cm³/mol. The summed E-state index contributed by atoms with van der Waals surface area (Å²) >= 11 is 14.4. The van der Waals surface area contributed by atoms with Crippen molar-refractivity contribution in [2.24, 2.45) is 0 Å². The fourth-order valence-electron chi connectivity index (χ4n) is 1.04. The van der Waals surface area contributed by atoms with E-state index < -0.39 is 0 Å². The van der Waals surface area contributed by atoms with Crippen LogP contribution in [0.25, 0.3) is 0 Å². The molecule has 97 valence electrons. The number of hydrogen-bond acceptors (Lipinski definition) is 6. The maximum Gasteiger partial charge on any atom is 0.0521 e. The zero-order chi connectivity index (χ0) is 12.2. The molecule has 0 aromatic rings. The molecule has 0 amide bonds. The van der Waals surface area contributed by atoms with Crippen LogP contribution in [-0.2, 0) is 0 Å². The highest BCUT2D eigenvalue weighted by Crippen LogP contribution is 2.25. The third kappa shape index (κ3) is 9.71. The summed E-state index contributed by atoms with van der Waals surface area (Å²) in [6, 6.07) is 0. The van der Waals surface area contributed by atoms with Crippen molar-refractivity contribution in [2.75, 3.05) is 41.1 Å². The van der Waals surface area contributed by atoms with Crippen LogP contribution in [0.1, 0.15) is 0 Å². The van der Waals surface area contributed by atoms with E-state index in [1.54, 1.807) is 11.8 Å². The SMILES string of the molecule is [CH2]CSCC(CS)SC(CS)CSCCO. The Kier molecular flexibility index (Phi) is 14.6. The standard InChI is InChI=1S/C10H21OS5/c1-2-14-7-9(5-12)16-10(6-13)8-15-4-3-11/h9-13H,1-8H2. The molecule has 2 atom stereocenters. The maximum atomic E-state index is 8.73. The molecule has 0 aromatic carbocycles. The Morgan fingerprint density at radius 2 is 1.62 bits per heavy atom. The van der Waals surface area contributed by atoms with Crippen LogP contribution in [0.3, 0.4) is 0 Å². The highest BCUT2D eigenvalue weighted by Gasteiger charge is 2.15. The zero-order valence-electron chi connectivity index (χ0n) is 9.38. The molecule has 0 rings (SSSR count). The van der Waals surface area contributed by atoms with Gasteiger partial charge in [-0.1, -0.05) is 0 Å². The zero-order valence-corrected chi connectivity index (χ0v) is 13.6. The first-order valence-corrected chi connectivity index (χ1v) is 9.72. The largest absolute Gasteiger partial charge is 0.396 e. The normalized spacial score (nSPS) is 15.0. The van der Waals surface area contributed by atoms with Crippen molar-refractivity contribution in [2.45, 2.75) is 10.5 Å². The van der Waals surface area contributed by atoms with Gasteiger partial charge in [-0.05, 0) is 12.7 Å². The summed E-state index contributed by atoms with van der Waals surface area (Å²) in [6.45, 7) is 4.10. The Bertz CT molecular complexity index is 147. The summed E-state index contributed by atoms with van der Waals surface area (Å²) in [5.41, 5.74) is 0. The third-order valence-electron chi connectivity index (χ3n) is 1.78. The molecule has 6 heteroatoms. The Hall–Kier alpha value is 1.71. The second-order valence-electron chi connectivity index (χ2n) is 3.12. The molecular formula is C10H21OS5. The van der Waals surface area contributed by atoms with Crippen molar-refractivity contribution in [1.82, 2.24) is 0 Å². The van der Waals surface area contributed by atoms with Gasteiger partial charge in [-0.2, -0.15) is 60.5 Å². The van der Waals surface area contributed by atoms with E-state index >= 15 is 0 Å². The van der Waals surface area contributed by atoms with Gasteiger partial charge in [0.25, 0.3) is 0 Å². The molecule has 2 unspecified atom stereocenters. The van der Waals surface area contributed by atoms with Crippen molar-refractivity contribution in [1.29, 1.82) is 0 Å². The van der Waals surface area contributed by atoms with Gasteiger partial charge in [0.15, 0.2) is 0 Å². The van der Waals surface area contributed by atoms with Gasteiger partial charge in [0.05, 0.1) is 6.61 Å². The molecule has 0 aliphatic carbocycles. The van der Waals surface area contributed by atoms with Crippen LogP contribution in [-0.4, -0.2) is 56.7 Å². The van der Waals surface area contributed by atoms with Crippen LogP contribution in [0.5, 0.6) is 0 Å². The fraction of sp³-hybridized carbons (Fsp3) is 0.900. The van der Waals surface area contributed by atoms with Crippen molar-refractivity contribution in [3.63, 3.8) is 0 Å². The number of hydrogen-bond donors (Lipinski definition) is 3. The molecule has 0 fully saturated rings. The lowest BCUT2D eigenvalue weighted by Gasteiger charge is -2.20. The van der Waals surface area contributed by atoms with Crippen LogP contribution in [0, 0.1) is 6.92 Å². The molecule has 0 aliphatic heterocycles. The molecule has 1 N–H and O–H groups in total. The molecule has 0 saturated carbocycles. The predicted octanol–water partition coefficient (Wildman–Crippen LogP) is 2.61. The average molecular weight is 318 g/mol. The van der Waals surface area contributed by atoms with Crippen molar-refractivity contribution >= 4 is 60.5 Å².